The summed E-state index contributed by atoms with van der Waals surface area (Å²) in [5.74, 6) is -0.419. The summed E-state index contributed by atoms with van der Waals surface area (Å²) in [6.45, 7) is 1.72. The third-order valence-corrected chi connectivity index (χ3v) is 4.33. The molecule has 1 atom stereocenters. The van der Waals surface area contributed by atoms with Crippen LogP contribution in [0.1, 0.15) is 24.1 Å². The van der Waals surface area contributed by atoms with Crippen molar-refractivity contribution in [3.05, 3.63) is 63.6 Å². The van der Waals surface area contributed by atoms with E-state index in [1.54, 1.807) is 23.1 Å². The highest BCUT2D eigenvalue weighted by Crippen LogP contribution is 2.37. The van der Waals surface area contributed by atoms with Crippen molar-refractivity contribution in [2.45, 2.75) is 19.5 Å². The number of benzene rings is 2. The maximum absolute atomic E-state index is 12.7. The molecule has 2 aromatic rings. The number of halogens is 2. The number of amides is 2. The summed E-state index contributed by atoms with van der Waals surface area (Å²) in [6.07, 6.45) is 0. The molecule has 0 aliphatic carbocycles. The van der Waals surface area contributed by atoms with Crippen LogP contribution < -0.4 is 10.2 Å². The second kappa shape index (κ2) is 6.22. The number of hydrogen-bond acceptors (Lipinski definition) is 2. The quantitative estimate of drug-likeness (QED) is 0.918. The Hall–Kier alpha value is -2.04. The number of fused-ring (bicyclic) bond motifs is 1. The SMILES string of the molecule is CC(=O)N[C@@H]1C(=O)N(Cc2ccc(Cl)cc2Cl)c2ccccc21. The first-order valence-corrected chi connectivity index (χ1v) is 7.84. The van der Waals surface area contributed by atoms with Gasteiger partial charge in [-0.05, 0) is 23.8 Å². The van der Waals surface area contributed by atoms with Gasteiger partial charge in [-0.1, -0.05) is 47.5 Å². The maximum Gasteiger partial charge on any atom is 0.254 e. The molecular formula is C17H14Cl2N2O2. The molecule has 118 valence electrons. The van der Waals surface area contributed by atoms with Crippen molar-refractivity contribution in [1.82, 2.24) is 5.32 Å². The van der Waals surface area contributed by atoms with Gasteiger partial charge in [-0.15, -0.1) is 0 Å². The van der Waals surface area contributed by atoms with Crippen LogP contribution in [0.25, 0.3) is 0 Å². The van der Waals surface area contributed by atoms with Crippen molar-refractivity contribution >= 4 is 40.7 Å². The van der Waals surface area contributed by atoms with Crippen LogP contribution >= 0.6 is 23.2 Å². The van der Waals surface area contributed by atoms with E-state index in [2.05, 4.69) is 5.32 Å². The van der Waals surface area contributed by atoms with Gasteiger partial charge in [0.25, 0.3) is 5.91 Å². The molecule has 2 amide bonds. The van der Waals surface area contributed by atoms with E-state index in [0.717, 1.165) is 16.8 Å². The molecule has 0 fully saturated rings. The van der Waals surface area contributed by atoms with Crippen molar-refractivity contribution in [2.24, 2.45) is 0 Å². The molecule has 3 rings (SSSR count). The zero-order valence-electron chi connectivity index (χ0n) is 12.3. The number of nitrogens with one attached hydrogen (secondary N) is 1. The first-order valence-electron chi connectivity index (χ1n) is 7.08. The van der Waals surface area contributed by atoms with Gasteiger partial charge in [0.15, 0.2) is 0 Å². The van der Waals surface area contributed by atoms with Crippen molar-refractivity contribution < 1.29 is 9.59 Å². The van der Waals surface area contributed by atoms with E-state index in [1.807, 2.05) is 24.3 Å². The predicted molar refractivity (Wildman–Crippen MR) is 90.7 cm³/mol. The first kappa shape index (κ1) is 15.8. The van der Waals surface area contributed by atoms with E-state index in [4.69, 9.17) is 23.2 Å². The minimum absolute atomic E-state index is 0.174. The Morgan fingerprint density at radius 2 is 1.96 bits per heavy atom. The van der Waals surface area contributed by atoms with Crippen molar-refractivity contribution in [3.8, 4) is 0 Å². The standard InChI is InChI=1S/C17H14Cl2N2O2/c1-10(22)20-16-13-4-2-3-5-15(13)21(17(16)23)9-11-6-7-12(18)8-14(11)19/h2-8,16H,9H2,1H3,(H,20,22)/t16-/m0/s1. The van der Waals surface area contributed by atoms with Gasteiger partial charge >= 0.3 is 0 Å². The number of para-hydroxylation sites is 1. The fraction of sp³-hybridized carbons (Fsp3) is 0.176. The number of nitrogens with zero attached hydrogens (tertiary/aromatic N) is 1. The number of hydrogen-bond donors (Lipinski definition) is 1. The van der Waals surface area contributed by atoms with Crippen LogP contribution in [0.4, 0.5) is 5.69 Å². The second-order valence-corrected chi connectivity index (χ2v) is 6.20. The smallest absolute Gasteiger partial charge is 0.254 e. The van der Waals surface area contributed by atoms with Crippen molar-refractivity contribution in [2.75, 3.05) is 4.90 Å². The molecular weight excluding hydrogens is 335 g/mol. The highest BCUT2D eigenvalue weighted by atomic mass is 35.5. The van der Waals surface area contributed by atoms with Crippen LogP contribution in [0.2, 0.25) is 10.0 Å². The maximum atomic E-state index is 12.7. The zero-order chi connectivity index (χ0) is 16.6. The van der Waals surface area contributed by atoms with E-state index < -0.39 is 6.04 Å². The lowest BCUT2D eigenvalue weighted by atomic mass is 10.1. The summed E-state index contributed by atoms with van der Waals surface area (Å²) in [5.41, 5.74) is 2.36. The third kappa shape index (κ3) is 3.05. The van der Waals surface area contributed by atoms with E-state index >= 15 is 0 Å². The monoisotopic (exact) mass is 348 g/mol. The molecule has 23 heavy (non-hydrogen) atoms. The van der Waals surface area contributed by atoms with Crippen LogP contribution in [-0.2, 0) is 16.1 Å². The number of anilines is 1. The fourth-order valence-electron chi connectivity index (χ4n) is 2.71. The third-order valence-electron chi connectivity index (χ3n) is 3.74. The number of carbonyl (C=O) groups excluding carboxylic acids is 2. The Bertz CT molecular complexity index is 792. The molecule has 1 aliphatic heterocycles. The van der Waals surface area contributed by atoms with E-state index in [1.165, 1.54) is 6.92 Å². The van der Waals surface area contributed by atoms with E-state index in [0.29, 0.717) is 16.6 Å². The lowest BCUT2D eigenvalue weighted by molar-refractivity contribution is -0.126. The fourth-order valence-corrected chi connectivity index (χ4v) is 3.18. The number of carbonyl (C=O) groups is 2. The number of rotatable bonds is 3. The molecule has 0 aromatic heterocycles. The molecule has 0 unspecified atom stereocenters. The van der Waals surface area contributed by atoms with Gasteiger partial charge in [-0.3, -0.25) is 9.59 Å². The van der Waals surface area contributed by atoms with Crippen LogP contribution in [0.3, 0.4) is 0 Å². The van der Waals surface area contributed by atoms with Crippen LogP contribution in [0.15, 0.2) is 42.5 Å². The Morgan fingerprint density at radius 3 is 2.65 bits per heavy atom. The molecule has 0 saturated heterocycles. The highest BCUT2D eigenvalue weighted by molar-refractivity contribution is 6.35. The normalized spacial score (nSPS) is 16.4. The largest absolute Gasteiger partial charge is 0.341 e. The van der Waals surface area contributed by atoms with E-state index in [-0.39, 0.29) is 11.8 Å². The summed E-state index contributed by atoms with van der Waals surface area (Å²) in [5, 5.41) is 3.75. The minimum atomic E-state index is -0.658. The average Bonchev–Trinajstić information content (AvgIpc) is 2.75. The molecule has 1 aliphatic rings. The Balaban J connectivity index is 1.96. The molecule has 1 heterocycles. The van der Waals surface area contributed by atoms with Gasteiger partial charge in [0, 0.05) is 28.2 Å². The molecule has 0 bridgehead atoms. The molecule has 0 saturated carbocycles. The van der Waals surface area contributed by atoms with Crippen LogP contribution in [0.5, 0.6) is 0 Å². The Kier molecular flexibility index (Phi) is 4.28. The summed E-state index contributed by atoms with van der Waals surface area (Å²) < 4.78 is 0. The topological polar surface area (TPSA) is 49.4 Å². The van der Waals surface area contributed by atoms with Crippen molar-refractivity contribution in [1.29, 1.82) is 0 Å². The van der Waals surface area contributed by atoms with Gasteiger partial charge in [0.05, 0.1) is 6.54 Å². The summed E-state index contributed by atoms with van der Waals surface area (Å²) in [6, 6.07) is 11.9. The van der Waals surface area contributed by atoms with Gasteiger partial charge in [0.2, 0.25) is 5.91 Å². The lowest BCUT2D eigenvalue weighted by Crippen LogP contribution is -2.36. The van der Waals surface area contributed by atoms with Gasteiger partial charge in [-0.25, -0.2) is 0 Å². The van der Waals surface area contributed by atoms with Crippen LogP contribution in [0, 0.1) is 0 Å². The minimum Gasteiger partial charge on any atom is -0.341 e. The summed E-state index contributed by atoms with van der Waals surface area (Å²) in [4.78, 5) is 25.7. The van der Waals surface area contributed by atoms with Gasteiger partial charge in [-0.2, -0.15) is 0 Å². The van der Waals surface area contributed by atoms with E-state index in [9.17, 15) is 9.59 Å². The molecule has 2 aromatic carbocycles. The average molecular weight is 349 g/mol. The highest BCUT2D eigenvalue weighted by Gasteiger charge is 2.37. The Labute approximate surface area is 144 Å². The molecule has 6 heteroatoms. The first-order chi connectivity index (χ1) is 11.0. The van der Waals surface area contributed by atoms with Gasteiger partial charge < -0.3 is 10.2 Å². The molecule has 0 radical (unpaired) electrons. The summed E-state index contributed by atoms with van der Waals surface area (Å²) in [7, 11) is 0. The zero-order valence-corrected chi connectivity index (χ0v) is 13.9. The van der Waals surface area contributed by atoms with Crippen LogP contribution in [-0.4, -0.2) is 11.8 Å². The predicted octanol–water partition coefficient (Wildman–Crippen LogP) is 3.72. The molecule has 0 spiro atoms. The van der Waals surface area contributed by atoms with Crippen molar-refractivity contribution in [3.63, 3.8) is 0 Å². The lowest BCUT2D eigenvalue weighted by Gasteiger charge is -2.19. The molecule has 4 nitrogen and oxygen atoms in total. The molecule has 1 N–H and O–H groups in total. The van der Waals surface area contributed by atoms with Gasteiger partial charge in [0.1, 0.15) is 6.04 Å². The second-order valence-electron chi connectivity index (χ2n) is 5.35. The summed E-state index contributed by atoms with van der Waals surface area (Å²) >= 11 is 12.1. The Morgan fingerprint density at radius 1 is 1.22 bits per heavy atom.